The number of carbonyl (C=O) groups excluding carboxylic acids is 2. The first-order valence-corrected chi connectivity index (χ1v) is 5.57. The summed E-state index contributed by atoms with van der Waals surface area (Å²) < 4.78 is 10.1. The van der Waals surface area contributed by atoms with Crippen LogP contribution in [0, 0.1) is 0 Å². The highest BCUT2D eigenvalue weighted by atomic mass is 35.5. The Morgan fingerprint density at radius 2 is 1.94 bits per heavy atom. The highest BCUT2D eigenvalue weighted by Crippen LogP contribution is 2.39. The highest BCUT2D eigenvalue weighted by Gasteiger charge is 2.15. The first-order valence-electron chi connectivity index (χ1n) is 5.19. The van der Waals surface area contributed by atoms with Crippen molar-refractivity contribution in [1.82, 2.24) is 0 Å². The minimum Gasteiger partial charge on any atom is -0.495 e. The van der Waals surface area contributed by atoms with Crippen molar-refractivity contribution in [2.45, 2.75) is 13.3 Å². The number of anilines is 1. The summed E-state index contributed by atoms with van der Waals surface area (Å²) in [6.07, 6.45) is -0.188. The van der Waals surface area contributed by atoms with Gasteiger partial charge in [0.05, 0.1) is 26.3 Å². The zero-order chi connectivity index (χ0) is 13.7. The summed E-state index contributed by atoms with van der Waals surface area (Å²) in [6.45, 7) is 1.35. The van der Waals surface area contributed by atoms with Crippen LogP contribution in [0.3, 0.4) is 0 Å². The molecule has 0 atom stereocenters. The van der Waals surface area contributed by atoms with Crippen LogP contribution >= 0.6 is 11.6 Å². The highest BCUT2D eigenvalue weighted by molar-refractivity contribution is 6.34. The van der Waals surface area contributed by atoms with Crippen LogP contribution in [0.4, 0.5) is 5.69 Å². The fraction of sp³-hybridized carbons (Fsp3) is 0.333. The fourth-order valence-electron chi connectivity index (χ4n) is 1.41. The van der Waals surface area contributed by atoms with Crippen molar-refractivity contribution in [3.8, 4) is 11.5 Å². The van der Waals surface area contributed by atoms with Gasteiger partial charge in [0.2, 0.25) is 5.91 Å². The summed E-state index contributed by atoms with van der Waals surface area (Å²) in [7, 11) is 2.91. The van der Waals surface area contributed by atoms with Crippen molar-refractivity contribution in [3.05, 3.63) is 17.2 Å². The minimum atomic E-state index is -0.415. The van der Waals surface area contributed by atoms with Crippen molar-refractivity contribution in [2.24, 2.45) is 0 Å². The molecule has 1 aromatic carbocycles. The molecule has 0 radical (unpaired) electrons. The lowest BCUT2D eigenvalue weighted by Crippen LogP contribution is -2.15. The van der Waals surface area contributed by atoms with E-state index in [4.69, 9.17) is 21.1 Å². The van der Waals surface area contributed by atoms with Crippen molar-refractivity contribution >= 4 is 29.0 Å². The molecule has 0 aromatic heterocycles. The van der Waals surface area contributed by atoms with E-state index in [0.29, 0.717) is 17.2 Å². The first kappa shape index (κ1) is 14.3. The van der Waals surface area contributed by atoms with Crippen molar-refractivity contribution in [2.75, 3.05) is 19.5 Å². The van der Waals surface area contributed by atoms with Gasteiger partial charge in [-0.05, 0) is 19.1 Å². The molecule has 5 nitrogen and oxygen atoms in total. The van der Waals surface area contributed by atoms with Crippen LogP contribution in [0.25, 0.3) is 0 Å². The van der Waals surface area contributed by atoms with E-state index in [1.807, 2.05) is 0 Å². The van der Waals surface area contributed by atoms with Gasteiger partial charge >= 0.3 is 0 Å². The molecule has 1 aromatic rings. The van der Waals surface area contributed by atoms with E-state index in [9.17, 15) is 9.59 Å². The van der Waals surface area contributed by atoms with Gasteiger partial charge in [-0.3, -0.25) is 9.59 Å². The number of Topliss-reactive ketones (excluding diaryl/α,β-unsaturated/α-hetero) is 1. The predicted molar refractivity (Wildman–Crippen MR) is 68.5 cm³/mol. The minimum absolute atomic E-state index is 0.188. The SMILES string of the molecule is COc1ccc(NC(=O)CC(C)=O)c(OC)c1Cl. The average Bonchev–Trinajstić information content (AvgIpc) is 2.28. The third-order valence-electron chi connectivity index (χ3n) is 2.17. The van der Waals surface area contributed by atoms with Crippen molar-refractivity contribution < 1.29 is 19.1 Å². The van der Waals surface area contributed by atoms with Crippen LogP contribution in [0.1, 0.15) is 13.3 Å². The van der Waals surface area contributed by atoms with Gasteiger partial charge in [0.15, 0.2) is 5.75 Å². The molecule has 1 N–H and O–H groups in total. The maximum atomic E-state index is 11.5. The second kappa shape index (κ2) is 6.26. The Bertz CT molecular complexity index is 473. The monoisotopic (exact) mass is 271 g/mol. The van der Waals surface area contributed by atoms with Gasteiger partial charge < -0.3 is 14.8 Å². The van der Waals surface area contributed by atoms with E-state index in [1.54, 1.807) is 12.1 Å². The number of methoxy groups -OCH3 is 2. The van der Waals surface area contributed by atoms with E-state index in [2.05, 4.69) is 5.32 Å². The lowest BCUT2D eigenvalue weighted by Gasteiger charge is -2.13. The normalized spacial score (nSPS) is 9.78. The summed E-state index contributed by atoms with van der Waals surface area (Å²) in [5.74, 6) is 0.110. The molecular weight excluding hydrogens is 258 g/mol. The Morgan fingerprint density at radius 3 is 2.44 bits per heavy atom. The van der Waals surface area contributed by atoms with E-state index < -0.39 is 5.91 Å². The number of halogens is 1. The van der Waals surface area contributed by atoms with Crippen LogP contribution in [0.5, 0.6) is 11.5 Å². The van der Waals surface area contributed by atoms with Gasteiger partial charge in [0.25, 0.3) is 0 Å². The molecule has 0 aliphatic rings. The van der Waals surface area contributed by atoms with Gasteiger partial charge in [-0.15, -0.1) is 0 Å². The van der Waals surface area contributed by atoms with Crippen LogP contribution in [0.2, 0.25) is 5.02 Å². The number of amides is 1. The maximum absolute atomic E-state index is 11.5. The number of benzene rings is 1. The first-order chi connectivity index (χ1) is 8.49. The molecular formula is C12H14ClNO4. The molecule has 0 unspecified atom stereocenters. The number of hydrogen-bond donors (Lipinski definition) is 1. The van der Waals surface area contributed by atoms with Gasteiger partial charge in [0, 0.05) is 0 Å². The van der Waals surface area contributed by atoms with Gasteiger partial charge in [-0.25, -0.2) is 0 Å². The van der Waals surface area contributed by atoms with Gasteiger partial charge in [0.1, 0.15) is 16.6 Å². The third-order valence-corrected chi connectivity index (χ3v) is 2.53. The van der Waals surface area contributed by atoms with Crippen molar-refractivity contribution in [1.29, 1.82) is 0 Å². The molecule has 98 valence electrons. The van der Waals surface area contributed by atoms with Crippen molar-refractivity contribution in [3.63, 3.8) is 0 Å². The van der Waals surface area contributed by atoms with Crippen LogP contribution in [-0.2, 0) is 9.59 Å². The van der Waals surface area contributed by atoms with Crippen LogP contribution in [-0.4, -0.2) is 25.9 Å². The number of hydrogen-bond acceptors (Lipinski definition) is 4. The number of ketones is 1. The topological polar surface area (TPSA) is 64.6 Å². The number of nitrogens with one attached hydrogen (secondary N) is 1. The van der Waals surface area contributed by atoms with Gasteiger partial charge in [-0.2, -0.15) is 0 Å². The predicted octanol–water partition coefficient (Wildman–Crippen LogP) is 2.27. The number of ether oxygens (including phenoxy) is 2. The quantitative estimate of drug-likeness (QED) is 0.835. The molecule has 0 fully saturated rings. The van der Waals surface area contributed by atoms with E-state index >= 15 is 0 Å². The number of rotatable bonds is 5. The molecule has 1 amide bonds. The summed E-state index contributed by atoms with van der Waals surface area (Å²) >= 11 is 6.04. The van der Waals surface area contributed by atoms with Crippen LogP contribution < -0.4 is 14.8 Å². The zero-order valence-electron chi connectivity index (χ0n) is 10.4. The molecule has 6 heteroatoms. The molecule has 0 heterocycles. The largest absolute Gasteiger partial charge is 0.495 e. The van der Waals surface area contributed by atoms with E-state index in [-0.39, 0.29) is 17.2 Å². The summed E-state index contributed by atoms with van der Waals surface area (Å²) in [6, 6.07) is 3.20. The summed E-state index contributed by atoms with van der Waals surface area (Å²) in [4.78, 5) is 22.3. The fourth-order valence-corrected chi connectivity index (χ4v) is 1.73. The Morgan fingerprint density at radius 1 is 1.28 bits per heavy atom. The Labute approximate surface area is 110 Å². The Kier molecular flexibility index (Phi) is 4.97. The zero-order valence-corrected chi connectivity index (χ0v) is 11.1. The van der Waals surface area contributed by atoms with Crippen LogP contribution in [0.15, 0.2) is 12.1 Å². The lowest BCUT2D eigenvalue weighted by molar-refractivity contribution is -0.124. The standard InChI is InChI=1S/C12H14ClNO4/c1-7(15)6-10(16)14-8-4-5-9(17-2)11(13)12(8)18-3/h4-5H,6H2,1-3H3,(H,14,16). The average molecular weight is 272 g/mol. The number of carbonyl (C=O) groups is 2. The summed E-state index contributed by atoms with van der Waals surface area (Å²) in [5.41, 5.74) is 0.398. The summed E-state index contributed by atoms with van der Waals surface area (Å²) in [5, 5.41) is 2.82. The molecule has 0 saturated heterocycles. The molecule has 1 rings (SSSR count). The molecule has 0 aliphatic carbocycles. The molecule has 0 saturated carbocycles. The maximum Gasteiger partial charge on any atom is 0.231 e. The van der Waals surface area contributed by atoms with Gasteiger partial charge in [-0.1, -0.05) is 11.6 Å². The lowest BCUT2D eigenvalue weighted by atomic mass is 10.2. The second-order valence-corrected chi connectivity index (χ2v) is 3.97. The smallest absolute Gasteiger partial charge is 0.231 e. The Hall–Kier alpha value is -1.75. The van der Waals surface area contributed by atoms with E-state index in [1.165, 1.54) is 21.1 Å². The molecule has 0 spiro atoms. The van der Waals surface area contributed by atoms with E-state index in [0.717, 1.165) is 0 Å². The Balaban J connectivity index is 2.99. The third kappa shape index (κ3) is 3.37. The molecule has 0 bridgehead atoms. The molecule has 18 heavy (non-hydrogen) atoms. The molecule has 0 aliphatic heterocycles. The second-order valence-electron chi connectivity index (χ2n) is 3.59.